The van der Waals surface area contributed by atoms with Crippen molar-refractivity contribution in [3.05, 3.63) is 21.6 Å². The van der Waals surface area contributed by atoms with Crippen LogP contribution in [0, 0.1) is 5.92 Å². The van der Waals surface area contributed by atoms with Crippen LogP contribution in [0.2, 0.25) is 5.02 Å². The van der Waals surface area contributed by atoms with E-state index >= 15 is 0 Å². The van der Waals surface area contributed by atoms with Crippen LogP contribution in [0.5, 0.6) is 5.75 Å². The molecule has 9 heteroatoms. The quantitative estimate of drug-likeness (QED) is 0.762. The van der Waals surface area contributed by atoms with Crippen LogP contribution in [-0.2, 0) is 14.8 Å². The zero-order chi connectivity index (χ0) is 15.6. The number of sulfonamides is 1. The van der Waals surface area contributed by atoms with Crippen LogP contribution >= 0.6 is 27.5 Å². The van der Waals surface area contributed by atoms with Gasteiger partial charge < -0.3 is 10.1 Å². The van der Waals surface area contributed by atoms with Crippen LogP contribution < -0.4 is 15.2 Å². The lowest BCUT2D eigenvalue weighted by Gasteiger charge is -2.12. The number of nitrogens with one attached hydrogen (secondary N) is 1. The van der Waals surface area contributed by atoms with Gasteiger partial charge in [-0.3, -0.25) is 4.79 Å². The van der Waals surface area contributed by atoms with Gasteiger partial charge in [0.05, 0.1) is 5.02 Å². The average molecular weight is 398 g/mol. The summed E-state index contributed by atoms with van der Waals surface area (Å²) in [5.74, 6) is 0.0930. The van der Waals surface area contributed by atoms with Gasteiger partial charge in [0.1, 0.15) is 4.90 Å². The number of halogens is 2. The number of carbonyl (C=O) groups excluding carboxylic acids is 1. The highest BCUT2D eigenvalue weighted by Gasteiger charge is 2.23. The van der Waals surface area contributed by atoms with Crippen molar-refractivity contribution in [2.24, 2.45) is 11.1 Å². The van der Waals surface area contributed by atoms with E-state index < -0.39 is 10.0 Å². The maximum atomic E-state index is 11.6. The minimum Gasteiger partial charge on any atom is -0.481 e. The SMILES string of the molecule is NS(=O)(=O)c1cc(Br)cc(Cl)c1OCC(=O)NCC1CC1. The maximum absolute atomic E-state index is 11.6. The summed E-state index contributed by atoms with van der Waals surface area (Å²) in [6, 6.07) is 2.74. The molecule has 1 saturated carbocycles. The highest BCUT2D eigenvalue weighted by Crippen LogP contribution is 2.35. The van der Waals surface area contributed by atoms with Crippen LogP contribution in [0.3, 0.4) is 0 Å². The largest absolute Gasteiger partial charge is 0.481 e. The first kappa shape index (κ1) is 16.5. The fourth-order valence-electron chi connectivity index (χ4n) is 1.66. The molecular formula is C12H14BrClN2O4S. The van der Waals surface area contributed by atoms with E-state index in [-0.39, 0.29) is 28.2 Å². The van der Waals surface area contributed by atoms with E-state index in [1.165, 1.54) is 12.1 Å². The minimum atomic E-state index is -4.01. The van der Waals surface area contributed by atoms with Crippen LogP contribution in [0.1, 0.15) is 12.8 Å². The van der Waals surface area contributed by atoms with E-state index in [1.807, 2.05) is 0 Å². The smallest absolute Gasteiger partial charge is 0.257 e. The number of hydrogen-bond donors (Lipinski definition) is 2. The molecule has 0 atom stereocenters. The number of benzene rings is 1. The third-order valence-electron chi connectivity index (χ3n) is 2.91. The zero-order valence-electron chi connectivity index (χ0n) is 10.9. The third-order valence-corrected chi connectivity index (χ3v) is 4.57. The number of primary sulfonamides is 1. The van der Waals surface area contributed by atoms with Crippen molar-refractivity contribution in [3.8, 4) is 5.75 Å². The van der Waals surface area contributed by atoms with Gasteiger partial charge in [-0.05, 0) is 30.9 Å². The van der Waals surface area contributed by atoms with Crippen LogP contribution in [0.4, 0.5) is 0 Å². The molecule has 0 aliphatic heterocycles. The van der Waals surface area contributed by atoms with Gasteiger partial charge in [0, 0.05) is 11.0 Å². The molecule has 0 saturated heterocycles. The second-order valence-corrected chi connectivity index (χ2v) is 7.65. The van der Waals surface area contributed by atoms with Crippen molar-refractivity contribution in [2.75, 3.05) is 13.2 Å². The van der Waals surface area contributed by atoms with Crippen molar-refractivity contribution < 1.29 is 17.9 Å². The van der Waals surface area contributed by atoms with Gasteiger partial charge in [0.2, 0.25) is 10.0 Å². The standard InChI is InChI=1S/C12H14BrClN2O4S/c13-8-3-9(14)12(10(4-8)21(15,18)19)20-6-11(17)16-5-7-1-2-7/h3-4,7H,1-2,5-6H2,(H,16,17)(H2,15,18,19). The van der Waals surface area contributed by atoms with E-state index in [0.717, 1.165) is 12.8 Å². The van der Waals surface area contributed by atoms with Gasteiger partial charge in [-0.15, -0.1) is 0 Å². The molecule has 1 fully saturated rings. The van der Waals surface area contributed by atoms with Gasteiger partial charge in [0.25, 0.3) is 5.91 Å². The highest BCUT2D eigenvalue weighted by atomic mass is 79.9. The number of carbonyl (C=O) groups is 1. The molecule has 6 nitrogen and oxygen atoms in total. The van der Waals surface area contributed by atoms with Crippen LogP contribution in [0.15, 0.2) is 21.5 Å². The Hall–Kier alpha value is -0.830. The van der Waals surface area contributed by atoms with Crippen LogP contribution in [-0.4, -0.2) is 27.5 Å². The van der Waals surface area contributed by atoms with Crippen molar-refractivity contribution >= 4 is 43.5 Å². The summed E-state index contributed by atoms with van der Waals surface area (Å²) in [4.78, 5) is 11.4. The topological polar surface area (TPSA) is 98.5 Å². The Balaban J connectivity index is 2.09. The molecule has 116 valence electrons. The number of hydrogen-bond acceptors (Lipinski definition) is 4. The van der Waals surface area contributed by atoms with E-state index in [4.69, 9.17) is 21.5 Å². The normalized spacial score (nSPS) is 14.8. The summed E-state index contributed by atoms with van der Waals surface area (Å²) < 4.78 is 28.8. The maximum Gasteiger partial charge on any atom is 0.257 e. The fraction of sp³-hybridized carbons (Fsp3) is 0.417. The predicted molar refractivity (Wildman–Crippen MR) is 81.8 cm³/mol. The Bertz CT molecular complexity index is 661. The van der Waals surface area contributed by atoms with Gasteiger partial charge in [-0.2, -0.15) is 0 Å². The lowest BCUT2D eigenvalue weighted by molar-refractivity contribution is -0.123. The Kier molecular flexibility index (Phi) is 5.13. The number of rotatable bonds is 6. The first-order chi connectivity index (χ1) is 9.77. The molecule has 0 bridgehead atoms. The number of ether oxygens (including phenoxy) is 1. The Morgan fingerprint density at radius 2 is 2.14 bits per heavy atom. The second-order valence-electron chi connectivity index (χ2n) is 4.80. The molecule has 3 N–H and O–H groups in total. The Labute approximate surface area is 136 Å². The monoisotopic (exact) mass is 396 g/mol. The molecule has 0 heterocycles. The van der Waals surface area contributed by atoms with Gasteiger partial charge >= 0.3 is 0 Å². The molecule has 0 spiro atoms. The molecule has 1 aromatic carbocycles. The predicted octanol–water partition coefficient (Wildman–Crippen LogP) is 1.65. The molecule has 1 aliphatic rings. The van der Waals surface area contributed by atoms with Crippen molar-refractivity contribution in [2.45, 2.75) is 17.7 Å². The molecule has 1 amide bonds. The highest BCUT2D eigenvalue weighted by molar-refractivity contribution is 9.10. The minimum absolute atomic E-state index is 0.0587. The molecule has 2 rings (SSSR count). The molecule has 21 heavy (non-hydrogen) atoms. The van der Waals surface area contributed by atoms with Crippen molar-refractivity contribution in [1.82, 2.24) is 5.32 Å². The van der Waals surface area contributed by atoms with Crippen molar-refractivity contribution in [1.29, 1.82) is 0 Å². The second kappa shape index (κ2) is 6.51. The van der Waals surface area contributed by atoms with Crippen molar-refractivity contribution in [3.63, 3.8) is 0 Å². The number of amides is 1. The van der Waals surface area contributed by atoms with E-state index in [2.05, 4.69) is 21.2 Å². The summed E-state index contributed by atoms with van der Waals surface area (Å²) in [6.45, 7) is 0.287. The van der Waals surface area contributed by atoms with E-state index in [1.54, 1.807) is 0 Å². The van der Waals surface area contributed by atoms with E-state index in [9.17, 15) is 13.2 Å². The first-order valence-corrected chi connectivity index (χ1v) is 8.90. The molecule has 0 radical (unpaired) electrons. The van der Waals surface area contributed by atoms with Crippen LogP contribution in [0.25, 0.3) is 0 Å². The number of nitrogens with two attached hydrogens (primary N) is 1. The molecule has 1 aliphatic carbocycles. The third kappa shape index (κ3) is 4.84. The summed E-state index contributed by atoms with van der Waals surface area (Å²) >= 11 is 9.08. The zero-order valence-corrected chi connectivity index (χ0v) is 14.1. The lowest BCUT2D eigenvalue weighted by Crippen LogP contribution is -2.30. The molecule has 0 aromatic heterocycles. The van der Waals surface area contributed by atoms with E-state index in [0.29, 0.717) is 16.9 Å². The Morgan fingerprint density at radius 1 is 1.48 bits per heavy atom. The first-order valence-electron chi connectivity index (χ1n) is 6.18. The van der Waals surface area contributed by atoms with Gasteiger partial charge in [-0.1, -0.05) is 27.5 Å². The average Bonchev–Trinajstić information content (AvgIpc) is 3.17. The molecule has 0 unspecified atom stereocenters. The summed E-state index contributed by atoms with van der Waals surface area (Å²) in [6.07, 6.45) is 2.24. The summed E-state index contributed by atoms with van der Waals surface area (Å²) in [5, 5.41) is 7.89. The van der Waals surface area contributed by atoms with Gasteiger partial charge in [-0.25, -0.2) is 13.6 Å². The summed E-state index contributed by atoms with van der Waals surface area (Å²) in [5.41, 5.74) is 0. The molecular weight excluding hydrogens is 384 g/mol. The summed E-state index contributed by atoms with van der Waals surface area (Å²) in [7, 11) is -4.01. The lowest BCUT2D eigenvalue weighted by atomic mass is 10.3. The molecule has 1 aromatic rings. The Morgan fingerprint density at radius 3 is 2.71 bits per heavy atom. The fourth-order valence-corrected chi connectivity index (χ4v) is 3.45. The van der Waals surface area contributed by atoms with Gasteiger partial charge in [0.15, 0.2) is 12.4 Å².